The zero-order valence-electron chi connectivity index (χ0n) is 14.4. The zero-order chi connectivity index (χ0) is 18.7. The third-order valence-corrected chi connectivity index (χ3v) is 6.27. The number of hydrogen-bond donors (Lipinski definition) is 1. The van der Waals surface area contributed by atoms with E-state index in [4.69, 9.17) is 23.2 Å². The van der Waals surface area contributed by atoms with Gasteiger partial charge in [-0.2, -0.15) is 0 Å². The summed E-state index contributed by atoms with van der Waals surface area (Å²) in [5.41, 5.74) is 1.07. The summed E-state index contributed by atoms with van der Waals surface area (Å²) in [5.74, 6) is -0.844. The lowest BCUT2D eigenvalue weighted by Gasteiger charge is -2.22. The molecule has 1 aromatic carbocycles. The van der Waals surface area contributed by atoms with Crippen molar-refractivity contribution in [2.45, 2.75) is 18.9 Å². The summed E-state index contributed by atoms with van der Waals surface area (Å²) in [7, 11) is 1.89. The molecule has 0 bridgehead atoms. The molecule has 2 atom stereocenters. The van der Waals surface area contributed by atoms with Crippen molar-refractivity contribution in [2.75, 3.05) is 20.1 Å². The molecule has 138 valence electrons. The van der Waals surface area contributed by atoms with Crippen LogP contribution in [0, 0.1) is 5.92 Å². The number of amides is 1. The van der Waals surface area contributed by atoms with Gasteiger partial charge in [-0.05, 0) is 49.0 Å². The van der Waals surface area contributed by atoms with E-state index in [-0.39, 0.29) is 17.7 Å². The second-order valence-electron chi connectivity index (χ2n) is 6.46. The summed E-state index contributed by atoms with van der Waals surface area (Å²) in [6, 6.07) is 9.30. The summed E-state index contributed by atoms with van der Waals surface area (Å²) < 4.78 is 0. The zero-order valence-corrected chi connectivity index (χ0v) is 16.7. The second kappa shape index (κ2) is 8.53. The van der Waals surface area contributed by atoms with E-state index in [1.54, 1.807) is 17.4 Å². The molecule has 2 aromatic rings. The maximum Gasteiger partial charge on any atom is 0.232 e. The summed E-state index contributed by atoms with van der Waals surface area (Å²) in [5, 5.41) is 5.96. The first-order chi connectivity index (χ1) is 12.5. The Hall–Kier alpha value is -1.40. The van der Waals surface area contributed by atoms with Crippen LogP contribution >= 0.6 is 34.5 Å². The van der Waals surface area contributed by atoms with Crippen LogP contribution in [-0.4, -0.2) is 36.7 Å². The van der Waals surface area contributed by atoms with Crippen molar-refractivity contribution < 1.29 is 9.59 Å². The molecule has 1 fully saturated rings. The molecule has 1 aromatic heterocycles. The Morgan fingerprint density at radius 2 is 2.12 bits per heavy atom. The van der Waals surface area contributed by atoms with E-state index in [1.165, 1.54) is 0 Å². The van der Waals surface area contributed by atoms with Gasteiger partial charge in [0.25, 0.3) is 0 Å². The number of Topliss-reactive ketones (excluding diaryl/α,β-unsaturated/α-hetero) is 1. The molecule has 0 spiro atoms. The van der Waals surface area contributed by atoms with Gasteiger partial charge in [0.05, 0.1) is 22.6 Å². The van der Waals surface area contributed by atoms with Crippen molar-refractivity contribution in [2.24, 2.45) is 5.92 Å². The van der Waals surface area contributed by atoms with Crippen LogP contribution in [0.25, 0.3) is 0 Å². The normalized spacial score (nSPS) is 20.5. The number of nitrogens with one attached hydrogen (secondary N) is 1. The van der Waals surface area contributed by atoms with Crippen LogP contribution in [-0.2, 0) is 16.0 Å². The molecule has 2 unspecified atom stereocenters. The summed E-state index contributed by atoms with van der Waals surface area (Å²) in [6.07, 6.45) is 1.55. The number of aryl methyl sites for hydroxylation is 1. The molecule has 0 aliphatic carbocycles. The molecule has 1 aliphatic rings. The first-order valence-corrected chi connectivity index (χ1v) is 10.1. The van der Waals surface area contributed by atoms with Gasteiger partial charge in [0, 0.05) is 11.4 Å². The van der Waals surface area contributed by atoms with Gasteiger partial charge in [-0.3, -0.25) is 14.5 Å². The van der Waals surface area contributed by atoms with Crippen molar-refractivity contribution in [1.29, 1.82) is 0 Å². The van der Waals surface area contributed by atoms with Crippen LogP contribution in [0.15, 0.2) is 35.7 Å². The van der Waals surface area contributed by atoms with Gasteiger partial charge >= 0.3 is 0 Å². The van der Waals surface area contributed by atoms with E-state index in [0.717, 1.165) is 23.3 Å². The molecule has 0 radical (unpaired) electrons. The maximum atomic E-state index is 12.6. The first kappa shape index (κ1) is 19.4. The van der Waals surface area contributed by atoms with Gasteiger partial charge in [0.1, 0.15) is 5.92 Å². The fourth-order valence-electron chi connectivity index (χ4n) is 3.31. The molecule has 1 N–H and O–H groups in total. The van der Waals surface area contributed by atoms with E-state index >= 15 is 0 Å². The number of carbonyl (C=O) groups is 2. The van der Waals surface area contributed by atoms with Crippen molar-refractivity contribution in [3.05, 3.63) is 56.2 Å². The van der Waals surface area contributed by atoms with E-state index < -0.39 is 5.92 Å². The third kappa shape index (κ3) is 4.29. The smallest absolute Gasteiger partial charge is 0.232 e. The Morgan fingerprint density at radius 1 is 1.31 bits per heavy atom. The fraction of sp³-hybridized carbons (Fsp3) is 0.368. The molecule has 0 saturated carbocycles. The minimum absolute atomic E-state index is 0.0205. The second-order valence-corrected chi connectivity index (χ2v) is 8.26. The molecular formula is C19H20Cl2N2O2S. The van der Waals surface area contributed by atoms with E-state index in [2.05, 4.69) is 5.32 Å². The highest BCUT2D eigenvalue weighted by Crippen LogP contribution is 2.36. The number of likely N-dealkylation sites (N-methyl/N-ethyl adjacent to an activating group) is 1. The number of benzene rings is 1. The monoisotopic (exact) mass is 410 g/mol. The number of hydrogen-bond acceptors (Lipinski definition) is 4. The Kier molecular flexibility index (Phi) is 6.35. The van der Waals surface area contributed by atoms with Crippen LogP contribution < -0.4 is 5.32 Å². The minimum Gasteiger partial charge on any atom is -0.355 e. The lowest BCUT2D eigenvalue weighted by atomic mass is 9.97. The number of rotatable bonds is 6. The number of likely N-dealkylation sites (tertiary alicyclic amines) is 1. The van der Waals surface area contributed by atoms with Crippen LogP contribution in [0.5, 0.6) is 0 Å². The quantitative estimate of drug-likeness (QED) is 0.578. The number of carbonyl (C=O) groups excluding carboxylic acids is 2. The summed E-state index contributed by atoms with van der Waals surface area (Å²) in [6.45, 7) is 0.827. The molecule has 7 heteroatoms. The predicted molar refractivity (Wildman–Crippen MR) is 106 cm³/mol. The fourth-order valence-corrected chi connectivity index (χ4v) is 4.56. The van der Waals surface area contributed by atoms with Gasteiger partial charge in [-0.15, -0.1) is 11.3 Å². The Balaban J connectivity index is 1.55. The standard InChI is InChI=1S/C19H20Cl2N2O2S/c1-23-11-15(24)17(18(23)16-5-3-9-26-16)19(25)22-8-2-4-12-6-7-13(20)14(21)10-12/h3,5-7,9-10,17-18H,2,4,8,11H2,1H3,(H,22,25). The lowest BCUT2D eigenvalue weighted by molar-refractivity contribution is -0.132. The molecular weight excluding hydrogens is 391 g/mol. The number of nitrogens with zero attached hydrogens (tertiary/aromatic N) is 1. The first-order valence-electron chi connectivity index (χ1n) is 8.45. The molecule has 1 amide bonds. The molecule has 1 saturated heterocycles. The van der Waals surface area contributed by atoms with Crippen LogP contribution in [0.4, 0.5) is 0 Å². The number of halogens is 2. The average Bonchev–Trinajstić information content (AvgIpc) is 3.21. The minimum atomic E-state index is -0.636. The van der Waals surface area contributed by atoms with Crippen molar-refractivity contribution in [1.82, 2.24) is 10.2 Å². The summed E-state index contributed by atoms with van der Waals surface area (Å²) in [4.78, 5) is 28.0. The van der Waals surface area contributed by atoms with Crippen LogP contribution in [0.2, 0.25) is 10.0 Å². The average molecular weight is 411 g/mol. The number of thiophene rings is 1. The van der Waals surface area contributed by atoms with Crippen molar-refractivity contribution in [3.63, 3.8) is 0 Å². The Morgan fingerprint density at radius 3 is 2.81 bits per heavy atom. The molecule has 3 rings (SSSR count). The lowest BCUT2D eigenvalue weighted by Crippen LogP contribution is -2.37. The number of ketones is 1. The van der Waals surface area contributed by atoms with Gasteiger partial charge in [-0.1, -0.05) is 35.3 Å². The van der Waals surface area contributed by atoms with Crippen LogP contribution in [0.3, 0.4) is 0 Å². The van der Waals surface area contributed by atoms with Crippen molar-refractivity contribution >= 4 is 46.2 Å². The highest BCUT2D eigenvalue weighted by molar-refractivity contribution is 7.10. The highest BCUT2D eigenvalue weighted by Gasteiger charge is 2.44. The van der Waals surface area contributed by atoms with Crippen molar-refractivity contribution in [3.8, 4) is 0 Å². The molecule has 2 heterocycles. The SMILES string of the molecule is CN1CC(=O)C(C(=O)NCCCc2ccc(Cl)c(Cl)c2)C1c1cccs1. The highest BCUT2D eigenvalue weighted by atomic mass is 35.5. The van der Waals surface area contributed by atoms with E-state index in [1.807, 2.05) is 41.6 Å². The molecule has 1 aliphatic heterocycles. The molecule has 26 heavy (non-hydrogen) atoms. The van der Waals surface area contributed by atoms with Gasteiger partial charge in [0.2, 0.25) is 5.91 Å². The van der Waals surface area contributed by atoms with Gasteiger partial charge in [-0.25, -0.2) is 0 Å². The maximum absolute atomic E-state index is 12.6. The van der Waals surface area contributed by atoms with Gasteiger partial charge in [0.15, 0.2) is 5.78 Å². The van der Waals surface area contributed by atoms with E-state index in [9.17, 15) is 9.59 Å². The predicted octanol–water partition coefficient (Wildman–Crippen LogP) is 3.98. The largest absolute Gasteiger partial charge is 0.355 e. The van der Waals surface area contributed by atoms with Gasteiger partial charge < -0.3 is 5.32 Å². The van der Waals surface area contributed by atoms with Crippen LogP contribution in [0.1, 0.15) is 22.9 Å². The van der Waals surface area contributed by atoms with E-state index in [0.29, 0.717) is 23.1 Å². The topological polar surface area (TPSA) is 49.4 Å². The molecule has 4 nitrogen and oxygen atoms in total. The third-order valence-electron chi connectivity index (χ3n) is 4.59. The Labute approximate surface area is 167 Å². The summed E-state index contributed by atoms with van der Waals surface area (Å²) >= 11 is 13.5. The Bertz CT molecular complexity index is 795.